The molecule has 2 bridgehead atoms. The van der Waals surface area contributed by atoms with Crippen LogP contribution < -0.4 is 10.2 Å². The number of halogens is 1. The maximum Gasteiger partial charge on any atom is 0.139 e. The first-order chi connectivity index (χ1) is 18.7. The quantitative estimate of drug-likeness (QED) is 0.420. The number of pyridine rings is 2. The lowest BCUT2D eigenvalue weighted by Crippen LogP contribution is -2.63. The van der Waals surface area contributed by atoms with Gasteiger partial charge in [0.05, 0.1) is 18.9 Å². The molecular formula is C31H46FN5O2. The van der Waals surface area contributed by atoms with Crippen LogP contribution in [0.3, 0.4) is 0 Å². The maximum atomic E-state index is 13.5. The highest BCUT2D eigenvalue weighted by Gasteiger charge is 2.31. The summed E-state index contributed by atoms with van der Waals surface area (Å²) in [6.07, 6.45) is 11.4. The molecule has 2 aliphatic rings. The average Bonchev–Trinajstić information content (AvgIpc) is 3.25. The Morgan fingerprint density at radius 3 is 2.36 bits per heavy atom. The van der Waals surface area contributed by atoms with Gasteiger partial charge in [0.1, 0.15) is 17.2 Å². The van der Waals surface area contributed by atoms with Gasteiger partial charge >= 0.3 is 0 Å². The Bertz CT molecular complexity index is 1200. The van der Waals surface area contributed by atoms with Gasteiger partial charge in [-0.2, -0.15) is 0 Å². The van der Waals surface area contributed by atoms with E-state index < -0.39 is 0 Å². The van der Waals surface area contributed by atoms with E-state index in [-0.39, 0.29) is 11.6 Å². The summed E-state index contributed by atoms with van der Waals surface area (Å²) in [6, 6.07) is 4.61. The van der Waals surface area contributed by atoms with Crippen molar-refractivity contribution in [2.75, 3.05) is 31.2 Å². The number of anilines is 1. The number of ketones is 1. The molecule has 8 heteroatoms. The number of piperazine rings is 1. The first-order valence-corrected chi connectivity index (χ1v) is 14.4. The van der Waals surface area contributed by atoms with Crippen molar-refractivity contribution >= 4 is 17.1 Å². The number of fused-ring (bicyclic) bond motifs is 3. The number of aryl methyl sites for hydroxylation is 3. The fourth-order valence-electron chi connectivity index (χ4n) is 5.22. The van der Waals surface area contributed by atoms with E-state index in [4.69, 9.17) is 4.74 Å². The molecule has 2 atom stereocenters. The van der Waals surface area contributed by atoms with Crippen LogP contribution in [0.4, 0.5) is 10.1 Å². The first-order valence-electron chi connectivity index (χ1n) is 14.4. The summed E-state index contributed by atoms with van der Waals surface area (Å²) >= 11 is 0. The molecule has 2 saturated heterocycles. The van der Waals surface area contributed by atoms with Crippen LogP contribution in [0.15, 0.2) is 30.7 Å². The van der Waals surface area contributed by atoms with Crippen molar-refractivity contribution in [1.29, 1.82) is 0 Å². The third-order valence-electron chi connectivity index (χ3n) is 6.94. The lowest BCUT2D eigenvalue weighted by molar-refractivity contribution is -0.117. The van der Waals surface area contributed by atoms with Gasteiger partial charge in [-0.15, -0.1) is 0 Å². The van der Waals surface area contributed by atoms with E-state index in [2.05, 4.69) is 40.1 Å². The van der Waals surface area contributed by atoms with Gasteiger partial charge in [0.25, 0.3) is 0 Å². The first kappa shape index (κ1) is 30.7. The van der Waals surface area contributed by atoms with Gasteiger partial charge in [-0.25, -0.2) is 9.37 Å². The highest BCUT2D eigenvalue weighted by molar-refractivity contribution is 5.75. The fraction of sp³-hybridized carbons (Fsp3) is 0.581. The van der Waals surface area contributed by atoms with E-state index in [0.29, 0.717) is 17.7 Å². The highest BCUT2D eigenvalue weighted by atomic mass is 19.1. The predicted molar refractivity (Wildman–Crippen MR) is 156 cm³/mol. The second-order valence-electron chi connectivity index (χ2n) is 10.6. The van der Waals surface area contributed by atoms with Crippen LogP contribution in [0.2, 0.25) is 0 Å². The molecule has 0 spiro atoms. The van der Waals surface area contributed by atoms with Crippen molar-refractivity contribution < 1.29 is 13.9 Å². The molecule has 39 heavy (non-hydrogen) atoms. The van der Waals surface area contributed by atoms with E-state index >= 15 is 0 Å². The number of ether oxygens (including phenoxy) is 1. The summed E-state index contributed by atoms with van der Waals surface area (Å²) in [4.78, 5) is 21.2. The Morgan fingerprint density at radius 1 is 1.08 bits per heavy atom. The number of rotatable bonds is 7. The van der Waals surface area contributed by atoms with Gasteiger partial charge in [-0.05, 0) is 51.7 Å². The topological polar surface area (TPSA) is 71.8 Å². The summed E-state index contributed by atoms with van der Waals surface area (Å²) in [6.45, 7) is 15.7. The summed E-state index contributed by atoms with van der Waals surface area (Å²) in [5.74, 6) is 0.141. The molecular weight excluding hydrogens is 493 g/mol. The third-order valence-corrected chi connectivity index (χ3v) is 6.94. The van der Waals surface area contributed by atoms with E-state index in [1.165, 1.54) is 29.4 Å². The third kappa shape index (κ3) is 8.83. The standard InChI is InChI=1S/C15H23N3O.C11H13FN2.C5H10O/c1-3-4-14-11(2)16-6-5-15(14)18-7-12-9-19-10-13(8-18)17-12;1-3-4-9-7-14-6-8(2)13-11(14)5-10(9)12;1-3-4-5(2)6/h5-6,12-13,17H,3-4,7-10H2,1-2H3;5-7H,3-4H2,1-2H3;3-4H2,1-2H3. The minimum atomic E-state index is -0.148. The van der Waals surface area contributed by atoms with Crippen molar-refractivity contribution in [2.45, 2.75) is 92.2 Å². The number of carbonyl (C=O) groups excluding carboxylic acids is 1. The van der Waals surface area contributed by atoms with Crippen molar-refractivity contribution in [3.05, 3.63) is 59.1 Å². The maximum absolute atomic E-state index is 13.5. The minimum absolute atomic E-state index is 0.148. The molecule has 0 radical (unpaired) electrons. The van der Waals surface area contributed by atoms with Crippen LogP contribution in [0.25, 0.3) is 5.65 Å². The zero-order valence-corrected chi connectivity index (χ0v) is 24.6. The number of nitrogens with one attached hydrogen (secondary N) is 1. The Kier molecular flexibility index (Phi) is 11.9. The minimum Gasteiger partial charge on any atom is -0.378 e. The van der Waals surface area contributed by atoms with Gasteiger partial charge in [0.2, 0.25) is 0 Å². The Labute approximate surface area is 233 Å². The zero-order valence-electron chi connectivity index (χ0n) is 24.6. The van der Waals surface area contributed by atoms with E-state index in [1.54, 1.807) is 6.92 Å². The van der Waals surface area contributed by atoms with Gasteiger partial charge in [-0.1, -0.05) is 33.6 Å². The summed E-state index contributed by atoms with van der Waals surface area (Å²) in [5.41, 5.74) is 6.34. The van der Waals surface area contributed by atoms with Crippen LogP contribution in [-0.2, 0) is 22.4 Å². The van der Waals surface area contributed by atoms with Crippen molar-refractivity contribution in [3.63, 3.8) is 0 Å². The summed E-state index contributed by atoms with van der Waals surface area (Å²) < 4.78 is 21.0. The van der Waals surface area contributed by atoms with Crippen LogP contribution in [0.5, 0.6) is 0 Å². The van der Waals surface area contributed by atoms with Gasteiger partial charge in [0, 0.05) is 73.2 Å². The number of imidazole rings is 1. The molecule has 0 aromatic carbocycles. The average molecular weight is 540 g/mol. The Balaban J connectivity index is 0.000000185. The molecule has 0 saturated carbocycles. The number of morpholine rings is 1. The highest BCUT2D eigenvalue weighted by Crippen LogP contribution is 2.26. The molecule has 3 aromatic rings. The van der Waals surface area contributed by atoms with Gasteiger partial charge in [-0.3, -0.25) is 4.98 Å². The predicted octanol–water partition coefficient (Wildman–Crippen LogP) is 5.63. The second kappa shape index (κ2) is 15.1. The van der Waals surface area contributed by atoms with Crippen LogP contribution in [-0.4, -0.2) is 58.5 Å². The number of carbonyl (C=O) groups is 1. The molecule has 3 aromatic heterocycles. The smallest absolute Gasteiger partial charge is 0.139 e. The fourth-order valence-corrected chi connectivity index (χ4v) is 5.22. The number of nitrogens with zero attached hydrogens (tertiary/aromatic N) is 4. The van der Waals surface area contributed by atoms with Gasteiger partial charge < -0.3 is 24.1 Å². The number of hydrogen-bond donors (Lipinski definition) is 1. The van der Waals surface area contributed by atoms with E-state index in [0.717, 1.165) is 69.7 Å². The summed E-state index contributed by atoms with van der Waals surface area (Å²) in [5, 5.41) is 3.64. The van der Waals surface area contributed by atoms with Crippen molar-refractivity contribution in [1.82, 2.24) is 19.7 Å². The second-order valence-corrected chi connectivity index (χ2v) is 10.6. The SMILES string of the molecule is CCCC(C)=O.CCCc1c(N2CC3COCC(C2)N3)ccnc1C.CCCc1cn2cc(C)nc2cc1F. The van der Waals surface area contributed by atoms with Gasteiger partial charge in [0.15, 0.2) is 0 Å². The van der Waals surface area contributed by atoms with Crippen LogP contribution in [0.1, 0.15) is 75.9 Å². The molecule has 2 fully saturated rings. The van der Waals surface area contributed by atoms with Crippen molar-refractivity contribution in [3.8, 4) is 0 Å². The lowest BCUT2D eigenvalue weighted by atomic mass is 10.0. The largest absolute Gasteiger partial charge is 0.378 e. The van der Waals surface area contributed by atoms with Crippen molar-refractivity contribution in [2.24, 2.45) is 0 Å². The van der Waals surface area contributed by atoms with E-state index in [9.17, 15) is 9.18 Å². The monoisotopic (exact) mass is 539 g/mol. The number of aromatic nitrogens is 3. The Hall–Kier alpha value is -2.84. The molecule has 5 heterocycles. The van der Waals surface area contributed by atoms with Crippen LogP contribution >= 0.6 is 0 Å². The van der Waals surface area contributed by atoms with E-state index in [1.807, 2.05) is 43.8 Å². The molecule has 1 N–H and O–H groups in total. The lowest BCUT2D eigenvalue weighted by Gasteiger charge is -2.43. The Morgan fingerprint density at radius 2 is 1.77 bits per heavy atom. The molecule has 0 aliphatic carbocycles. The molecule has 2 aliphatic heterocycles. The molecule has 214 valence electrons. The number of hydrogen-bond acceptors (Lipinski definition) is 6. The number of Topliss-reactive ketones (excluding diaryl/α,β-unsaturated/α-hetero) is 1. The normalized spacial score (nSPS) is 18.2. The molecule has 0 amide bonds. The molecule has 5 rings (SSSR count). The summed E-state index contributed by atoms with van der Waals surface area (Å²) in [7, 11) is 0. The molecule has 7 nitrogen and oxygen atoms in total. The van der Waals surface area contributed by atoms with Crippen LogP contribution in [0, 0.1) is 19.7 Å². The molecule has 2 unspecified atom stereocenters. The zero-order chi connectivity index (χ0) is 28.4.